The average Bonchev–Trinajstić information content (AvgIpc) is 3.22. The predicted octanol–water partition coefficient (Wildman–Crippen LogP) is 5.91. The smallest absolute Gasteiger partial charge is 0.224 e. The molecule has 2 atom stereocenters. The third-order valence-corrected chi connectivity index (χ3v) is 8.58. The van der Waals surface area contributed by atoms with Crippen LogP contribution in [0.15, 0.2) is 12.1 Å². The van der Waals surface area contributed by atoms with Gasteiger partial charge in [-0.25, -0.2) is 4.39 Å². The molecule has 4 rings (SSSR count). The van der Waals surface area contributed by atoms with Gasteiger partial charge in [-0.05, 0) is 61.3 Å². The second kappa shape index (κ2) is 7.64. The maximum absolute atomic E-state index is 14.8. The molecule has 0 saturated heterocycles. The maximum Gasteiger partial charge on any atom is 0.224 e. The van der Waals surface area contributed by atoms with Crippen molar-refractivity contribution in [3.05, 3.63) is 33.6 Å². The van der Waals surface area contributed by atoms with Crippen LogP contribution in [0.25, 0.3) is 0 Å². The van der Waals surface area contributed by atoms with Crippen LogP contribution in [-0.4, -0.2) is 18.2 Å². The van der Waals surface area contributed by atoms with E-state index in [0.717, 1.165) is 44.9 Å². The Morgan fingerprint density at radius 1 is 1.25 bits per heavy atom. The zero-order chi connectivity index (χ0) is 20.1. The first-order valence-corrected chi connectivity index (χ1v) is 12.0. The van der Waals surface area contributed by atoms with Crippen LogP contribution in [0.3, 0.4) is 0 Å². The molecule has 3 fully saturated rings. The van der Waals surface area contributed by atoms with Crippen molar-refractivity contribution in [1.82, 2.24) is 10.0 Å². The Kier molecular flexibility index (Phi) is 5.67. The van der Waals surface area contributed by atoms with E-state index in [-0.39, 0.29) is 27.7 Å². The number of carbonyl (C=O) groups is 1. The fourth-order valence-corrected chi connectivity index (χ4v) is 6.38. The lowest BCUT2D eigenvalue weighted by atomic mass is 9.75. The monoisotopic (exact) mass is 444 g/mol. The lowest BCUT2D eigenvalue weighted by Crippen LogP contribution is -2.44. The van der Waals surface area contributed by atoms with Crippen molar-refractivity contribution in [2.75, 3.05) is 6.26 Å². The van der Waals surface area contributed by atoms with Crippen LogP contribution in [0.2, 0.25) is 10.0 Å². The molecule has 0 aliphatic heterocycles. The first-order chi connectivity index (χ1) is 13.3. The standard InChI is InChI=1S/C21H27Cl2FN2OS/c1-20(7-3-4-8-20)18(16-15(24)6-5-14(22)17(16)23)25-19(27)13-11-21(13)9-12(10-21)26-28-2/h5-6,12-13,18,26H,3-4,7-11H2,1-2H3,(H,25,27). The molecule has 3 nitrogen and oxygen atoms in total. The van der Waals surface area contributed by atoms with Crippen LogP contribution in [0.5, 0.6) is 0 Å². The average molecular weight is 445 g/mol. The van der Waals surface area contributed by atoms with Gasteiger partial charge in [0.25, 0.3) is 0 Å². The number of nitrogens with one attached hydrogen (secondary N) is 2. The van der Waals surface area contributed by atoms with Gasteiger partial charge in [-0.2, -0.15) is 0 Å². The minimum Gasteiger partial charge on any atom is -0.348 e. The molecule has 1 amide bonds. The number of amides is 1. The van der Waals surface area contributed by atoms with Gasteiger partial charge in [0.2, 0.25) is 5.91 Å². The van der Waals surface area contributed by atoms with Crippen LogP contribution in [0.1, 0.15) is 63.5 Å². The summed E-state index contributed by atoms with van der Waals surface area (Å²) in [7, 11) is 0. The van der Waals surface area contributed by atoms with Crippen molar-refractivity contribution >= 4 is 41.1 Å². The molecule has 0 aromatic heterocycles. The number of halogens is 3. The third-order valence-electron chi connectivity index (χ3n) is 7.19. The first kappa shape index (κ1) is 20.8. The summed E-state index contributed by atoms with van der Waals surface area (Å²) in [6.45, 7) is 2.13. The van der Waals surface area contributed by atoms with Gasteiger partial charge < -0.3 is 5.32 Å². The topological polar surface area (TPSA) is 41.1 Å². The van der Waals surface area contributed by atoms with Crippen molar-refractivity contribution < 1.29 is 9.18 Å². The molecule has 1 aromatic carbocycles. The van der Waals surface area contributed by atoms with Crippen LogP contribution in [0.4, 0.5) is 4.39 Å². The predicted molar refractivity (Wildman–Crippen MR) is 114 cm³/mol. The third kappa shape index (κ3) is 3.57. The molecule has 7 heteroatoms. The van der Waals surface area contributed by atoms with Crippen molar-refractivity contribution in [3.63, 3.8) is 0 Å². The summed E-state index contributed by atoms with van der Waals surface area (Å²) in [5, 5.41) is 3.76. The zero-order valence-corrected chi connectivity index (χ0v) is 18.6. The van der Waals surface area contributed by atoms with Crippen LogP contribution in [0, 0.1) is 22.6 Å². The van der Waals surface area contributed by atoms with Crippen molar-refractivity contribution in [2.24, 2.45) is 16.7 Å². The van der Waals surface area contributed by atoms with Gasteiger partial charge in [-0.1, -0.05) is 54.9 Å². The summed E-state index contributed by atoms with van der Waals surface area (Å²) in [5.41, 5.74) is 0.280. The second-order valence-electron chi connectivity index (χ2n) is 9.11. The number of rotatable bonds is 6. The highest BCUT2D eigenvalue weighted by Crippen LogP contribution is 2.66. The molecule has 3 aliphatic rings. The maximum atomic E-state index is 14.8. The van der Waals surface area contributed by atoms with E-state index in [9.17, 15) is 9.18 Å². The van der Waals surface area contributed by atoms with Gasteiger partial charge in [-0.15, -0.1) is 0 Å². The summed E-state index contributed by atoms with van der Waals surface area (Å²) in [6, 6.07) is 2.87. The molecule has 1 spiro atoms. The molecule has 0 radical (unpaired) electrons. The quantitative estimate of drug-likeness (QED) is 0.423. The minimum absolute atomic E-state index is 0.0286. The number of carbonyl (C=O) groups excluding carboxylic acids is 1. The fraction of sp³-hybridized carbons (Fsp3) is 0.667. The summed E-state index contributed by atoms with van der Waals surface area (Å²) in [5.74, 6) is -0.330. The van der Waals surface area contributed by atoms with Crippen LogP contribution >= 0.6 is 35.1 Å². The van der Waals surface area contributed by atoms with Gasteiger partial charge in [0, 0.05) is 17.5 Å². The van der Waals surface area contributed by atoms with Gasteiger partial charge in [0.15, 0.2) is 0 Å². The Morgan fingerprint density at radius 2 is 1.93 bits per heavy atom. The highest BCUT2D eigenvalue weighted by molar-refractivity contribution is 7.96. The van der Waals surface area contributed by atoms with Gasteiger partial charge in [0.1, 0.15) is 5.82 Å². The van der Waals surface area contributed by atoms with E-state index in [1.807, 2.05) is 6.26 Å². The minimum atomic E-state index is -0.452. The Bertz CT molecular complexity index is 778. The largest absolute Gasteiger partial charge is 0.348 e. The van der Waals surface area contributed by atoms with Crippen LogP contribution < -0.4 is 10.0 Å². The summed E-state index contributed by atoms with van der Waals surface area (Å²) in [6.07, 6.45) is 9.08. The molecule has 28 heavy (non-hydrogen) atoms. The fourth-order valence-electron chi connectivity index (χ4n) is 5.46. The van der Waals surface area contributed by atoms with Crippen LogP contribution in [-0.2, 0) is 4.79 Å². The van der Waals surface area contributed by atoms with Crippen molar-refractivity contribution in [3.8, 4) is 0 Å². The molecule has 1 aromatic rings. The number of benzene rings is 1. The van der Waals surface area contributed by atoms with E-state index in [1.54, 1.807) is 11.9 Å². The molecule has 154 valence electrons. The summed E-state index contributed by atoms with van der Waals surface area (Å²) < 4.78 is 18.2. The molecule has 2 unspecified atom stereocenters. The lowest BCUT2D eigenvalue weighted by Gasteiger charge is -2.38. The number of hydrogen-bond acceptors (Lipinski definition) is 3. The summed E-state index contributed by atoms with van der Waals surface area (Å²) in [4.78, 5) is 13.1. The molecular weight excluding hydrogens is 418 g/mol. The zero-order valence-electron chi connectivity index (χ0n) is 16.3. The van der Waals surface area contributed by atoms with E-state index in [4.69, 9.17) is 23.2 Å². The molecule has 2 N–H and O–H groups in total. The van der Waals surface area contributed by atoms with E-state index in [0.29, 0.717) is 16.6 Å². The van der Waals surface area contributed by atoms with E-state index >= 15 is 0 Å². The van der Waals surface area contributed by atoms with E-state index < -0.39 is 11.9 Å². The van der Waals surface area contributed by atoms with Crippen molar-refractivity contribution in [1.29, 1.82) is 0 Å². The van der Waals surface area contributed by atoms with Gasteiger partial charge in [-0.3, -0.25) is 9.52 Å². The molecule has 3 aliphatic carbocycles. The molecular formula is C21H27Cl2FN2OS. The van der Waals surface area contributed by atoms with Gasteiger partial charge in [0.05, 0.1) is 16.1 Å². The second-order valence-corrected chi connectivity index (χ2v) is 10.5. The molecule has 3 saturated carbocycles. The highest BCUT2D eigenvalue weighted by atomic mass is 35.5. The lowest BCUT2D eigenvalue weighted by molar-refractivity contribution is -0.125. The Labute approximate surface area is 180 Å². The highest BCUT2D eigenvalue weighted by Gasteiger charge is 2.64. The molecule has 0 bridgehead atoms. The SMILES string of the molecule is CSNC1CC2(C1)CC2C(=O)NC(c1c(F)ccc(Cl)c1Cl)C1(C)CCCC1. The molecule has 0 heterocycles. The van der Waals surface area contributed by atoms with E-state index in [1.165, 1.54) is 12.1 Å². The van der Waals surface area contributed by atoms with Crippen molar-refractivity contribution in [2.45, 2.75) is 64.0 Å². The Balaban J connectivity index is 1.55. The Morgan fingerprint density at radius 3 is 2.57 bits per heavy atom. The van der Waals surface area contributed by atoms with Gasteiger partial charge >= 0.3 is 0 Å². The van der Waals surface area contributed by atoms with E-state index in [2.05, 4.69) is 17.0 Å². The number of hydrogen-bond donors (Lipinski definition) is 2. The summed E-state index contributed by atoms with van der Waals surface area (Å²) >= 11 is 14.3. The Hall–Kier alpha value is -0.490. The first-order valence-electron chi connectivity index (χ1n) is 10.0. The normalized spacial score (nSPS) is 31.5.